The quantitative estimate of drug-likeness (QED) is 0.857. The summed E-state index contributed by atoms with van der Waals surface area (Å²) in [5.74, 6) is -1.39. The Hall–Kier alpha value is -2.22. The van der Waals surface area contributed by atoms with Crippen molar-refractivity contribution in [2.24, 2.45) is 5.41 Å². The minimum atomic E-state index is -2.93. The molecule has 1 aromatic carbocycles. The van der Waals surface area contributed by atoms with E-state index in [1.165, 1.54) is 36.3 Å². The Morgan fingerprint density at radius 2 is 2.00 bits per heavy atom. The Bertz CT molecular complexity index is 589. The van der Waals surface area contributed by atoms with Gasteiger partial charge in [-0.15, -0.1) is 0 Å². The summed E-state index contributed by atoms with van der Waals surface area (Å²) in [5, 5.41) is 9.50. The van der Waals surface area contributed by atoms with Crippen LogP contribution in [0.3, 0.4) is 0 Å². The van der Waals surface area contributed by atoms with Gasteiger partial charge in [-0.2, -0.15) is 8.78 Å². The zero-order chi connectivity index (χ0) is 17.7. The van der Waals surface area contributed by atoms with Crippen LogP contribution in [0.25, 0.3) is 0 Å². The molecule has 8 heteroatoms. The number of methoxy groups -OCH3 is 1. The van der Waals surface area contributed by atoms with Crippen LogP contribution in [0.1, 0.15) is 23.2 Å². The van der Waals surface area contributed by atoms with Gasteiger partial charge in [-0.05, 0) is 37.1 Å². The van der Waals surface area contributed by atoms with E-state index in [4.69, 9.17) is 4.74 Å². The normalized spacial score (nSPS) is 20.9. The molecule has 1 aliphatic rings. The summed E-state index contributed by atoms with van der Waals surface area (Å²) < 4.78 is 33.5. The van der Waals surface area contributed by atoms with Gasteiger partial charge in [-0.1, -0.05) is 0 Å². The predicted octanol–water partition coefficient (Wildman–Crippen LogP) is 2.24. The minimum Gasteiger partial charge on any atom is -0.481 e. The van der Waals surface area contributed by atoms with Crippen molar-refractivity contribution in [2.45, 2.75) is 19.5 Å². The smallest absolute Gasteiger partial charge is 0.387 e. The van der Waals surface area contributed by atoms with E-state index in [0.29, 0.717) is 19.4 Å². The number of nitrogens with zero attached hydrogens (tertiary/aromatic N) is 1. The van der Waals surface area contributed by atoms with Crippen LogP contribution in [-0.4, -0.2) is 55.3 Å². The van der Waals surface area contributed by atoms with Gasteiger partial charge >= 0.3 is 12.6 Å². The van der Waals surface area contributed by atoms with E-state index in [0.717, 1.165) is 0 Å². The van der Waals surface area contributed by atoms with Crippen LogP contribution in [0.15, 0.2) is 24.3 Å². The second-order valence-corrected chi connectivity index (χ2v) is 5.75. The summed E-state index contributed by atoms with van der Waals surface area (Å²) >= 11 is 0. The van der Waals surface area contributed by atoms with E-state index < -0.39 is 18.0 Å². The largest absolute Gasteiger partial charge is 0.481 e. The molecule has 1 fully saturated rings. The number of carboxylic acids is 1. The lowest BCUT2D eigenvalue weighted by atomic mass is 9.80. The zero-order valence-electron chi connectivity index (χ0n) is 13.2. The second kappa shape index (κ2) is 7.57. The van der Waals surface area contributed by atoms with Gasteiger partial charge in [0.2, 0.25) is 0 Å². The maximum Gasteiger partial charge on any atom is 0.387 e. The van der Waals surface area contributed by atoms with E-state index in [1.807, 2.05) is 0 Å². The summed E-state index contributed by atoms with van der Waals surface area (Å²) in [6, 6.07) is 5.33. The molecule has 1 unspecified atom stereocenters. The molecular weight excluding hydrogens is 324 g/mol. The van der Waals surface area contributed by atoms with Crippen molar-refractivity contribution in [3.63, 3.8) is 0 Å². The highest BCUT2D eigenvalue weighted by molar-refractivity contribution is 5.94. The fourth-order valence-electron chi connectivity index (χ4n) is 2.90. The summed E-state index contributed by atoms with van der Waals surface area (Å²) in [7, 11) is 1.42. The molecule has 0 spiro atoms. The first-order valence-electron chi connectivity index (χ1n) is 7.44. The van der Waals surface area contributed by atoms with E-state index in [1.54, 1.807) is 0 Å². The SMILES string of the molecule is COCC1(C(=O)O)CCCN(C(=O)c2ccc(OC(F)F)cc2)C1. The number of piperidine rings is 1. The van der Waals surface area contributed by atoms with Gasteiger partial charge < -0.3 is 19.5 Å². The first-order valence-corrected chi connectivity index (χ1v) is 7.44. The second-order valence-electron chi connectivity index (χ2n) is 5.75. The highest BCUT2D eigenvalue weighted by Gasteiger charge is 2.43. The van der Waals surface area contributed by atoms with Gasteiger partial charge in [0, 0.05) is 25.8 Å². The summed E-state index contributed by atoms with van der Waals surface area (Å²) in [5.41, 5.74) is -0.836. The summed E-state index contributed by atoms with van der Waals surface area (Å²) in [4.78, 5) is 25.6. The molecule has 1 aromatic rings. The molecule has 2 rings (SSSR count). The van der Waals surface area contributed by atoms with E-state index in [9.17, 15) is 23.5 Å². The number of halogens is 2. The van der Waals surface area contributed by atoms with Crippen molar-refractivity contribution in [1.82, 2.24) is 4.90 Å². The number of likely N-dealkylation sites (tertiary alicyclic amines) is 1. The van der Waals surface area contributed by atoms with Gasteiger partial charge in [-0.3, -0.25) is 9.59 Å². The molecule has 0 saturated carbocycles. The average Bonchev–Trinajstić information content (AvgIpc) is 2.55. The van der Waals surface area contributed by atoms with Crippen LogP contribution >= 0.6 is 0 Å². The molecule has 1 saturated heterocycles. The lowest BCUT2D eigenvalue weighted by molar-refractivity contribution is -0.155. The number of ether oxygens (including phenoxy) is 2. The lowest BCUT2D eigenvalue weighted by Gasteiger charge is -2.39. The molecule has 1 atom stereocenters. The van der Waals surface area contributed by atoms with Crippen LogP contribution in [0.2, 0.25) is 0 Å². The van der Waals surface area contributed by atoms with Crippen molar-refractivity contribution >= 4 is 11.9 Å². The predicted molar refractivity (Wildman–Crippen MR) is 80.2 cm³/mol. The highest BCUT2D eigenvalue weighted by Crippen LogP contribution is 2.31. The number of hydrogen-bond acceptors (Lipinski definition) is 4. The summed E-state index contributed by atoms with van der Waals surface area (Å²) in [6.45, 7) is -2.43. The van der Waals surface area contributed by atoms with Gasteiger partial charge in [-0.25, -0.2) is 0 Å². The third kappa shape index (κ3) is 4.00. The lowest BCUT2D eigenvalue weighted by Crippen LogP contribution is -2.52. The first kappa shape index (κ1) is 18.1. The standard InChI is InChI=1S/C16H19F2NO5/c1-23-10-16(14(21)22)7-2-8-19(9-16)13(20)11-3-5-12(6-4-11)24-15(17)18/h3-6,15H,2,7-10H2,1H3,(H,21,22). The molecule has 1 amide bonds. The Kier molecular flexibility index (Phi) is 5.71. The minimum absolute atomic E-state index is 0.0211. The molecule has 24 heavy (non-hydrogen) atoms. The highest BCUT2D eigenvalue weighted by atomic mass is 19.3. The van der Waals surface area contributed by atoms with Crippen molar-refractivity contribution in [3.8, 4) is 5.75 Å². The summed E-state index contributed by atoms with van der Waals surface area (Å²) in [6.07, 6.45) is 0.981. The number of carbonyl (C=O) groups excluding carboxylic acids is 1. The molecule has 0 radical (unpaired) electrons. The maximum absolute atomic E-state index is 12.6. The van der Waals surface area contributed by atoms with Crippen LogP contribution in [0.5, 0.6) is 5.75 Å². The van der Waals surface area contributed by atoms with Crippen molar-refractivity contribution < 1.29 is 33.0 Å². The molecule has 0 bridgehead atoms. The van der Waals surface area contributed by atoms with Crippen molar-refractivity contribution in [2.75, 3.05) is 26.8 Å². The molecule has 1 heterocycles. The van der Waals surface area contributed by atoms with E-state index in [2.05, 4.69) is 4.74 Å². The van der Waals surface area contributed by atoms with Crippen LogP contribution < -0.4 is 4.74 Å². The van der Waals surface area contributed by atoms with Gasteiger partial charge in [0.05, 0.1) is 6.61 Å². The molecule has 132 valence electrons. The molecular formula is C16H19F2NO5. The van der Waals surface area contributed by atoms with Crippen LogP contribution in [-0.2, 0) is 9.53 Å². The number of carboxylic acid groups (broad SMARTS) is 1. The van der Waals surface area contributed by atoms with Crippen molar-refractivity contribution in [3.05, 3.63) is 29.8 Å². The van der Waals surface area contributed by atoms with Gasteiger partial charge in [0.15, 0.2) is 0 Å². The zero-order valence-corrected chi connectivity index (χ0v) is 13.2. The average molecular weight is 343 g/mol. The third-order valence-electron chi connectivity index (χ3n) is 4.06. The maximum atomic E-state index is 12.6. The number of amides is 1. The Labute approximate surface area is 138 Å². The number of alkyl halides is 2. The molecule has 0 aromatic heterocycles. The number of carbonyl (C=O) groups is 2. The van der Waals surface area contributed by atoms with E-state index in [-0.39, 0.29) is 30.4 Å². The number of rotatable bonds is 6. The van der Waals surface area contributed by atoms with Gasteiger partial charge in [0.25, 0.3) is 5.91 Å². The van der Waals surface area contributed by atoms with E-state index >= 15 is 0 Å². The third-order valence-corrected chi connectivity index (χ3v) is 4.06. The number of hydrogen-bond donors (Lipinski definition) is 1. The Morgan fingerprint density at radius 3 is 2.54 bits per heavy atom. The van der Waals surface area contributed by atoms with Gasteiger partial charge in [0.1, 0.15) is 11.2 Å². The van der Waals surface area contributed by atoms with Crippen LogP contribution in [0, 0.1) is 5.41 Å². The van der Waals surface area contributed by atoms with Crippen molar-refractivity contribution in [1.29, 1.82) is 0 Å². The van der Waals surface area contributed by atoms with Crippen LogP contribution in [0.4, 0.5) is 8.78 Å². The number of aliphatic carboxylic acids is 1. The topological polar surface area (TPSA) is 76.1 Å². The first-order chi connectivity index (χ1) is 11.4. The fourth-order valence-corrected chi connectivity index (χ4v) is 2.90. The Balaban J connectivity index is 2.12. The number of benzene rings is 1. The molecule has 0 aliphatic carbocycles. The molecule has 6 nitrogen and oxygen atoms in total. The Morgan fingerprint density at radius 1 is 1.33 bits per heavy atom. The molecule has 1 aliphatic heterocycles. The fraction of sp³-hybridized carbons (Fsp3) is 0.500. The monoisotopic (exact) mass is 343 g/mol. The molecule has 1 N–H and O–H groups in total.